The van der Waals surface area contributed by atoms with Gasteiger partial charge in [0.2, 0.25) is 5.95 Å². The lowest BCUT2D eigenvalue weighted by atomic mass is 10.1. The second kappa shape index (κ2) is 9.82. The number of benzene rings is 2. The van der Waals surface area contributed by atoms with E-state index >= 15 is 0 Å². The lowest BCUT2D eigenvalue weighted by Gasteiger charge is -2.23. The topological polar surface area (TPSA) is 58.1 Å². The van der Waals surface area contributed by atoms with Crippen molar-refractivity contribution in [1.29, 1.82) is 0 Å². The number of carbonyl (C=O) groups is 1. The molecule has 3 aromatic rings. The van der Waals surface area contributed by atoms with Gasteiger partial charge < -0.3 is 10.2 Å². The molecule has 150 valence electrons. The van der Waals surface area contributed by atoms with Gasteiger partial charge in [-0.3, -0.25) is 4.79 Å². The Morgan fingerprint density at radius 3 is 2.17 bits per heavy atom. The number of nitrogens with zero attached hydrogens (tertiary/aromatic N) is 3. The van der Waals surface area contributed by atoms with Crippen molar-refractivity contribution >= 4 is 23.2 Å². The molecule has 0 saturated carbocycles. The van der Waals surface area contributed by atoms with Gasteiger partial charge in [-0.15, -0.1) is 0 Å². The average molecular weight is 389 g/mol. The van der Waals surface area contributed by atoms with Crippen molar-refractivity contribution in [2.45, 2.75) is 33.6 Å². The summed E-state index contributed by atoms with van der Waals surface area (Å²) in [6.45, 7) is 7.82. The van der Waals surface area contributed by atoms with Crippen LogP contribution in [-0.4, -0.2) is 28.8 Å². The van der Waals surface area contributed by atoms with Crippen molar-refractivity contribution in [3.63, 3.8) is 0 Å². The van der Waals surface area contributed by atoms with E-state index in [9.17, 15) is 4.79 Å². The van der Waals surface area contributed by atoms with Crippen LogP contribution in [0.3, 0.4) is 0 Å². The summed E-state index contributed by atoms with van der Waals surface area (Å²) < 4.78 is 0. The molecule has 3 rings (SSSR count). The molecule has 5 heteroatoms. The molecule has 0 atom stereocenters. The number of hydrogen-bond donors (Lipinski definition) is 1. The number of Topliss-reactive ketones (excluding diaryl/α,β-unsaturated/α-hetero) is 1. The molecule has 1 N–H and O–H groups in total. The monoisotopic (exact) mass is 388 g/mol. The van der Waals surface area contributed by atoms with Gasteiger partial charge in [-0.2, -0.15) is 4.98 Å². The van der Waals surface area contributed by atoms with Gasteiger partial charge in [-0.05, 0) is 44.0 Å². The average Bonchev–Trinajstić information content (AvgIpc) is 2.74. The summed E-state index contributed by atoms with van der Waals surface area (Å²) in [5.74, 6) is 1.52. The Morgan fingerprint density at radius 2 is 1.59 bits per heavy atom. The summed E-state index contributed by atoms with van der Waals surface area (Å²) in [4.78, 5) is 23.3. The molecule has 0 spiro atoms. The number of hydrogen-bond acceptors (Lipinski definition) is 5. The summed E-state index contributed by atoms with van der Waals surface area (Å²) in [5.41, 5.74) is 3.48. The summed E-state index contributed by atoms with van der Waals surface area (Å²) in [6, 6.07) is 19.6. The van der Waals surface area contributed by atoms with Crippen molar-refractivity contribution < 1.29 is 4.79 Å². The van der Waals surface area contributed by atoms with E-state index in [0.717, 1.165) is 48.7 Å². The van der Waals surface area contributed by atoms with Gasteiger partial charge >= 0.3 is 0 Å². The minimum absolute atomic E-state index is 0.0518. The molecular formula is C24H28N4O. The quantitative estimate of drug-likeness (QED) is 0.475. The second-order valence-electron chi connectivity index (χ2n) is 7.05. The number of carbonyl (C=O) groups excluding carboxylic acids is 1. The Bertz CT molecular complexity index is 933. The van der Waals surface area contributed by atoms with Crippen LogP contribution in [0.1, 0.15) is 44.0 Å². The molecule has 29 heavy (non-hydrogen) atoms. The van der Waals surface area contributed by atoms with Crippen LogP contribution in [0.2, 0.25) is 0 Å². The Kier molecular flexibility index (Phi) is 6.95. The molecule has 0 aliphatic carbocycles. The maximum absolute atomic E-state index is 11.5. The van der Waals surface area contributed by atoms with E-state index in [0.29, 0.717) is 11.5 Å². The van der Waals surface area contributed by atoms with Crippen LogP contribution in [0.5, 0.6) is 0 Å². The van der Waals surface area contributed by atoms with Gasteiger partial charge in [0.1, 0.15) is 5.82 Å². The van der Waals surface area contributed by atoms with Crippen LogP contribution in [0, 0.1) is 0 Å². The fourth-order valence-corrected chi connectivity index (χ4v) is 3.21. The zero-order valence-corrected chi connectivity index (χ0v) is 17.4. The zero-order valence-electron chi connectivity index (χ0n) is 17.4. The Balaban J connectivity index is 1.98. The number of rotatable bonds is 9. The second-order valence-corrected chi connectivity index (χ2v) is 7.05. The Hall–Kier alpha value is -3.21. The highest BCUT2D eigenvalue weighted by Crippen LogP contribution is 2.25. The highest BCUT2D eigenvalue weighted by molar-refractivity contribution is 5.94. The van der Waals surface area contributed by atoms with E-state index in [1.165, 1.54) is 0 Å². The normalized spacial score (nSPS) is 10.6. The van der Waals surface area contributed by atoms with Crippen LogP contribution in [0.25, 0.3) is 11.3 Å². The fraction of sp³-hybridized carbons (Fsp3) is 0.292. The van der Waals surface area contributed by atoms with E-state index in [4.69, 9.17) is 9.97 Å². The first-order valence-corrected chi connectivity index (χ1v) is 10.2. The van der Waals surface area contributed by atoms with Crippen LogP contribution >= 0.6 is 0 Å². The van der Waals surface area contributed by atoms with E-state index in [2.05, 4.69) is 42.3 Å². The molecule has 0 saturated heterocycles. The van der Waals surface area contributed by atoms with E-state index < -0.39 is 0 Å². The third-order valence-corrected chi connectivity index (χ3v) is 4.64. The molecule has 0 radical (unpaired) electrons. The van der Waals surface area contributed by atoms with E-state index in [1.807, 2.05) is 42.5 Å². The van der Waals surface area contributed by atoms with Gasteiger partial charge in [0, 0.05) is 36.0 Å². The first-order valence-electron chi connectivity index (χ1n) is 10.2. The summed E-state index contributed by atoms with van der Waals surface area (Å²) >= 11 is 0. The molecular weight excluding hydrogens is 360 g/mol. The number of ketones is 1. The highest BCUT2D eigenvalue weighted by Gasteiger charge is 2.12. The van der Waals surface area contributed by atoms with Crippen LogP contribution in [-0.2, 0) is 0 Å². The smallest absolute Gasteiger partial charge is 0.229 e. The zero-order chi connectivity index (χ0) is 20.6. The predicted molar refractivity (Wildman–Crippen MR) is 120 cm³/mol. The van der Waals surface area contributed by atoms with Crippen molar-refractivity contribution in [2.24, 2.45) is 0 Å². The van der Waals surface area contributed by atoms with Crippen molar-refractivity contribution in [1.82, 2.24) is 9.97 Å². The lowest BCUT2D eigenvalue weighted by Crippen LogP contribution is -2.26. The van der Waals surface area contributed by atoms with Gasteiger partial charge in [0.05, 0.1) is 5.69 Å². The Morgan fingerprint density at radius 1 is 0.931 bits per heavy atom. The van der Waals surface area contributed by atoms with Crippen molar-refractivity contribution in [2.75, 3.05) is 23.3 Å². The van der Waals surface area contributed by atoms with Gasteiger partial charge in [0.15, 0.2) is 5.78 Å². The largest absolute Gasteiger partial charge is 0.356 e. The standard InChI is InChI=1S/C24H28N4O/c1-4-15-28(16-5-2)23-17-22(20-9-7-6-8-10-20)26-24(27-23)25-21-13-11-19(12-14-21)18(3)29/h6-14,17H,4-5,15-16H2,1-3H3,(H,25,26,27). The Labute approximate surface area is 172 Å². The van der Waals surface area contributed by atoms with E-state index in [-0.39, 0.29) is 5.78 Å². The van der Waals surface area contributed by atoms with Crippen molar-refractivity contribution in [3.05, 3.63) is 66.2 Å². The molecule has 0 fully saturated rings. The molecule has 0 aliphatic rings. The maximum Gasteiger partial charge on any atom is 0.229 e. The molecule has 1 heterocycles. The molecule has 0 aliphatic heterocycles. The van der Waals surface area contributed by atoms with Gasteiger partial charge in [0.25, 0.3) is 0 Å². The van der Waals surface area contributed by atoms with Crippen LogP contribution in [0.15, 0.2) is 60.7 Å². The lowest BCUT2D eigenvalue weighted by molar-refractivity contribution is 0.101. The minimum Gasteiger partial charge on any atom is -0.356 e. The summed E-state index contributed by atoms with van der Waals surface area (Å²) in [7, 11) is 0. The number of aromatic nitrogens is 2. The van der Waals surface area contributed by atoms with Crippen LogP contribution < -0.4 is 10.2 Å². The SMILES string of the molecule is CCCN(CCC)c1cc(-c2ccccc2)nc(Nc2ccc(C(C)=O)cc2)n1. The number of anilines is 3. The highest BCUT2D eigenvalue weighted by atomic mass is 16.1. The molecule has 0 bridgehead atoms. The summed E-state index contributed by atoms with van der Waals surface area (Å²) in [6.07, 6.45) is 2.11. The molecule has 5 nitrogen and oxygen atoms in total. The molecule has 0 unspecified atom stereocenters. The third-order valence-electron chi connectivity index (χ3n) is 4.64. The maximum atomic E-state index is 11.5. The first kappa shape index (κ1) is 20.5. The van der Waals surface area contributed by atoms with Gasteiger partial charge in [-0.1, -0.05) is 44.2 Å². The molecule has 1 aromatic heterocycles. The fourth-order valence-electron chi connectivity index (χ4n) is 3.21. The van der Waals surface area contributed by atoms with Crippen LogP contribution in [0.4, 0.5) is 17.5 Å². The minimum atomic E-state index is 0.0518. The summed E-state index contributed by atoms with van der Waals surface area (Å²) in [5, 5.41) is 3.30. The van der Waals surface area contributed by atoms with Crippen molar-refractivity contribution in [3.8, 4) is 11.3 Å². The predicted octanol–water partition coefficient (Wildman–Crippen LogP) is 5.72. The number of nitrogens with one attached hydrogen (secondary N) is 1. The van der Waals surface area contributed by atoms with E-state index in [1.54, 1.807) is 6.92 Å². The first-order chi connectivity index (χ1) is 14.1. The molecule has 2 aromatic carbocycles. The molecule has 0 amide bonds. The third kappa shape index (κ3) is 5.41. The van der Waals surface area contributed by atoms with Gasteiger partial charge in [-0.25, -0.2) is 4.98 Å².